The third-order valence-corrected chi connectivity index (χ3v) is 6.60. The second kappa shape index (κ2) is 5.62. The summed E-state index contributed by atoms with van der Waals surface area (Å²) in [5.74, 6) is 2.64. The maximum Gasteiger partial charge on any atom is 0.236 e. The Bertz CT molecular complexity index is 307. The lowest BCUT2D eigenvalue weighted by Crippen LogP contribution is -2.56. The van der Waals surface area contributed by atoms with Gasteiger partial charge in [0.1, 0.15) is 0 Å². The van der Waals surface area contributed by atoms with Crippen molar-refractivity contribution < 1.29 is 4.79 Å². The Kier molecular flexibility index (Phi) is 4.53. The van der Waals surface area contributed by atoms with Crippen molar-refractivity contribution in [2.45, 2.75) is 62.7 Å². The topological polar surface area (TPSA) is 29.1 Å². The smallest absolute Gasteiger partial charge is 0.236 e. The molecule has 0 aromatic carbocycles. The summed E-state index contributed by atoms with van der Waals surface area (Å²) in [6.45, 7) is 4.36. The van der Waals surface area contributed by atoms with E-state index >= 15 is 0 Å². The van der Waals surface area contributed by atoms with Crippen LogP contribution in [0.5, 0.6) is 0 Å². The first kappa shape index (κ1) is 14.5. The molecule has 0 radical (unpaired) electrons. The van der Waals surface area contributed by atoms with E-state index in [2.05, 4.69) is 19.2 Å². The van der Waals surface area contributed by atoms with Crippen molar-refractivity contribution in [2.24, 2.45) is 5.92 Å². The van der Waals surface area contributed by atoms with E-state index in [4.69, 9.17) is 11.6 Å². The van der Waals surface area contributed by atoms with Crippen LogP contribution >= 0.6 is 23.4 Å². The Hall–Kier alpha value is 0.110. The summed E-state index contributed by atoms with van der Waals surface area (Å²) >= 11 is 7.96. The highest BCUT2D eigenvalue weighted by molar-refractivity contribution is 8.01. The van der Waals surface area contributed by atoms with E-state index < -0.39 is 0 Å². The normalized spacial score (nSPS) is 40.7. The van der Waals surface area contributed by atoms with Crippen LogP contribution in [0, 0.1) is 5.92 Å². The minimum absolute atomic E-state index is 0.142. The number of hydrogen-bond acceptors (Lipinski definition) is 2. The van der Waals surface area contributed by atoms with Gasteiger partial charge < -0.3 is 5.32 Å². The van der Waals surface area contributed by atoms with Crippen molar-refractivity contribution in [2.75, 3.05) is 11.6 Å². The fraction of sp³-hybridized carbons (Fsp3) is 0.929. The van der Waals surface area contributed by atoms with Crippen molar-refractivity contribution >= 4 is 29.3 Å². The summed E-state index contributed by atoms with van der Waals surface area (Å²) in [5.41, 5.74) is -0.142. The number of thioether (sulfide) groups is 1. The number of carbonyl (C=O) groups is 1. The van der Waals surface area contributed by atoms with Gasteiger partial charge in [-0.2, -0.15) is 0 Å². The molecule has 1 N–H and O–H groups in total. The molecule has 0 aromatic rings. The van der Waals surface area contributed by atoms with Gasteiger partial charge in [0.25, 0.3) is 0 Å². The Morgan fingerprint density at radius 2 is 2.06 bits per heavy atom. The molecule has 0 spiro atoms. The number of nitrogens with one attached hydrogen (secondary N) is 1. The first-order valence-electron chi connectivity index (χ1n) is 7.02. The van der Waals surface area contributed by atoms with Gasteiger partial charge in [-0.05, 0) is 57.1 Å². The molecule has 1 atom stereocenters. The van der Waals surface area contributed by atoms with Gasteiger partial charge in [0.2, 0.25) is 5.91 Å². The van der Waals surface area contributed by atoms with Crippen LogP contribution in [0.2, 0.25) is 0 Å². The summed E-state index contributed by atoms with van der Waals surface area (Å²) in [6, 6.07) is 0. The Morgan fingerprint density at radius 1 is 1.39 bits per heavy atom. The van der Waals surface area contributed by atoms with Gasteiger partial charge in [-0.25, -0.2) is 0 Å². The fourth-order valence-corrected chi connectivity index (χ4v) is 4.48. The summed E-state index contributed by atoms with van der Waals surface area (Å²) in [6.07, 6.45) is 6.57. The predicted molar refractivity (Wildman–Crippen MR) is 79.3 cm³/mol. The number of halogens is 1. The van der Waals surface area contributed by atoms with Gasteiger partial charge in [-0.15, -0.1) is 23.4 Å². The molecular weight excluding hydrogens is 266 g/mol. The quantitative estimate of drug-likeness (QED) is 0.805. The molecule has 2 fully saturated rings. The monoisotopic (exact) mass is 289 g/mol. The summed E-state index contributed by atoms with van der Waals surface area (Å²) in [7, 11) is 0. The highest BCUT2D eigenvalue weighted by Gasteiger charge is 2.42. The molecule has 4 heteroatoms. The summed E-state index contributed by atoms with van der Waals surface area (Å²) in [5, 5.41) is 3.29. The van der Waals surface area contributed by atoms with E-state index in [-0.39, 0.29) is 16.2 Å². The standard InChI is InChI=1S/C14H24ClNOS/c1-11-4-7-14(10-15,8-5-11)16-12(17)13(2)6-3-9-18-13/h11H,3-10H2,1-2H3,(H,16,17). The molecule has 104 valence electrons. The van der Waals surface area contributed by atoms with Crippen molar-refractivity contribution in [1.82, 2.24) is 5.32 Å². The maximum atomic E-state index is 12.5. The molecule has 18 heavy (non-hydrogen) atoms. The Labute approximate surface area is 120 Å². The number of rotatable bonds is 3. The highest BCUT2D eigenvalue weighted by Crippen LogP contribution is 2.40. The van der Waals surface area contributed by atoms with Gasteiger partial charge in [-0.3, -0.25) is 4.79 Å². The molecule has 0 bridgehead atoms. The van der Waals surface area contributed by atoms with Crippen molar-refractivity contribution in [3.63, 3.8) is 0 Å². The minimum atomic E-state index is -0.220. The average molecular weight is 290 g/mol. The van der Waals surface area contributed by atoms with Gasteiger partial charge in [0.15, 0.2) is 0 Å². The van der Waals surface area contributed by atoms with Gasteiger partial charge >= 0.3 is 0 Å². The van der Waals surface area contributed by atoms with Crippen LogP contribution in [-0.4, -0.2) is 27.8 Å². The van der Waals surface area contributed by atoms with Crippen LogP contribution in [0.1, 0.15) is 52.4 Å². The number of carbonyl (C=O) groups excluding carboxylic acids is 1. The van der Waals surface area contributed by atoms with E-state index in [1.165, 1.54) is 12.8 Å². The van der Waals surface area contributed by atoms with E-state index in [1.807, 2.05) is 0 Å². The van der Waals surface area contributed by atoms with E-state index in [0.717, 1.165) is 37.4 Å². The molecule has 1 unspecified atom stereocenters. The second-order valence-corrected chi connectivity index (χ2v) is 8.10. The lowest BCUT2D eigenvalue weighted by molar-refractivity contribution is -0.125. The van der Waals surface area contributed by atoms with E-state index in [1.54, 1.807) is 11.8 Å². The Morgan fingerprint density at radius 3 is 2.56 bits per heavy atom. The zero-order valence-electron chi connectivity index (χ0n) is 11.4. The second-order valence-electron chi connectivity index (χ2n) is 6.23. The molecule has 1 amide bonds. The molecular formula is C14H24ClNOS. The molecule has 2 nitrogen and oxygen atoms in total. The third kappa shape index (κ3) is 2.98. The SMILES string of the molecule is CC1CCC(CCl)(NC(=O)C2(C)CCCS2)CC1. The minimum Gasteiger partial charge on any atom is -0.348 e. The molecule has 0 aromatic heterocycles. The van der Waals surface area contributed by atoms with Crippen LogP contribution in [0.25, 0.3) is 0 Å². The van der Waals surface area contributed by atoms with Crippen LogP contribution in [0.15, 0.2) is 0 Å². The summed E-state index contributed by atoms with van der Waals surface area (Å²) in [4.78, 5) is 12.5. The van der Waals surface area contributed by atoms with Crippen molar-refractivity contribution in [3.8, 4) is 0 Å². The van der Waals surface area contributed by atoms with Crippen molar-refractivity contribution in [1.29, 1.82) is 0 Å². The molecule has 1 saturated heterocycles. The zero-order chi connectivity index (χ0) is 13.2. The fourth-order valence-electron chi connectivity index (χ4n) is 2.94. The summed E-state index contributed by atoms with van der Waals surface area (Å²) < 4.78 is -0.220. The van der Waals surface area contributed by atoms with Gasteiger partial charge in [-0.1, -0.05) is 6.92 Å². The number of hydrogen-bond donors (Lipinski definition) is 1. The van der Waals surface area contributed by atoms with Gasteiger partial charge in [0.05, 0.1) is 10.3 Å². The number of amides is 1. The molecule has 1 heterocycles. The predicted octanol–water partition coefficient (Wildman–Crippen LogP) is 3.58. The average Bonchev–Trinajstić information content (AvgIpc) is 2.81. The molecule has 2 rings (SSSR count). The highest BCUT2D eigenvalue weighted by atomic mass is 35.5. The van der Waals surface area contributed by atoms with Crippen LogP contribution in [-0.2, 0) is 4.79 Å². The lowest BCUT2D eigenvalue weighted by atomic mass is 9.78. The largest absolute Gasteiger partial charge is 0.348 e. The van der Waals surface area contributed by atoms with Crippen LogP contribution < -0.4 is 5.32 Å². The third-order valence-electron chi connectivity index (χ3n) is 4.56. The molecule has 2 aliphatic rings. The van der Waals surface area contributed by atoms with Crippen LogP contribution in [0.3, 0.4) is 0 Å². The Balaban J connectivity index is 1.99. The van der Waals surface area contributed by atoms with E-state index in [9.17, 15) is 4.79 Å². The van der Waals surface area contributed by atoms with Crippen molar-refractivity contribution in [3.05, 3.63) is 0 Å². The van der Waals surface area contributed by atoms with E-state index in [0.29, 0.717) is 5.88 Å². The molecule has 1 aliphatic carbocycles. The molecule has 1 aliphatic heterocycles. The molecule has 1 saturated carbocycles. The first-order valence-corrected chi connectivity index (χ1v) is 8.54. The maximum absolute atomic E-state index is 12.5. The zero-order valence-corrected chi connectivity index (χ0v) is 13.0. The van der Waals surface area contributed by atoms with Crippen LogP contribution in [0.4, 0.5) is 0 Å². The number of alkyl halides is 1. The lowest BCUT2D eigenvalue weighted by Gasteiger charge is -2.40. The van der Waals surface area contributed by atoms with Gasteiger partial charge in [0, 0.05) is 5.88 Å². The first-order chi connectivity index (χ1) is 8.50.